The molecule has 2 aromatic carbocycles. The van der Waals surface area contributed by atoms with Crippen molar-refractivity contribution >= 4 is 69.5 Å². The summed E-state index contributed by atoms with van der Waals surface area (Å²) in [6.07, 6.45) is 0. The SMILES string of the molecule is COc1cc(N=C2NC(=O)c3c(Cl)c(Cl)c(Cl)c(Cl)c32)c(C)cc1N. The van der Waals surface area contributed by atoms with Crippen LogP contribution < -0.4 is 15.8 Å². The van der Waals surface area contributed by atoms with Crippen LogP contribution in [0.4, 0.5) is 11.4 Å². The van der Waals surface area contributed by atoms with Crippen molar-refractivity contribution in [1.29, 1.82) is 0 Å². The molecule has 0 saturated carbocycles. The number of anilines is 1. The van der Waals surface area contributed by atoms with Crippen molar-refractivity contribution in [2.75, 3.05) is 12.8 Å². The molecule has 0 fully saturated rings. The number of ether oxygens (including phenoxy) is 1. The molecule has 0 bridgehead atoms. The largest absolute Gasteiger partial charge is 0.495 e. The van der Waals surface area contributed by atoms with E-state index in [4.69, 9.17) is 56.9 Å². The maximum atomic E-state index is 12.3. The highest BCUT2D eigenvalue weighted by Gasteiger charge is 2.34. The van der Waals surface area contributed by atoms with Crippen LogP contribution in [0.1, 0.15) is 21.5 Å². The number of hydrogen-bond acceptors (Lipinski definition) is 4. The van der Waals surface area contributed by atoms with Crippen molar-refractivity contribution in [1.82, 2.24) is 5.32 Å². The second kappa shape index (κ2) is 6.57. The summed E-state index contributed by atoms with van der Waals surface area (Å²) in [4.78, 5) is 16.8. The molecule has 3 N–H and O–H groups in total. The summed E-state index contributed by atoms with van der Waals surface area (Å²) in [5.41, 5.74) is 8.14. The lowest BCUT2D eigenvalue weighted by Crippen LogP contribution is -2.21. The fourth-order valence-electron chi connectivity index (χ4n) is 2.50. The van der Waals surface area contributed by atoms with Gasteiger partial charge in [-0.15, -0.1) is 0 Å². The minimum Gasteiger partial charge on any atom is -0.495 e. The van der Waals surface area contributed by atoms with Gasteiger partial charge >= 0.3 is 0 Å². The molecule has 3 rings (SSSR count). The van der Waals surface area contributed by atoms with E-state index in [1.54, 1.807) is 12.1 Å². The Morgan fingerprint density at radius 2 is 1.64 bits per heavy atom. The molecule has 1 aliphatic heterocycles. The second-order valence-corrected chi connectivity index (χ2v) is 6.81. The van der Waals surface area contributed by atoms with Crippen molar-refractivity contribution in [2.24, 2.45) is 4.99 Å². The lowest BCUT2D eigenvalue weighted by atomic mass is 10.1. The molecule has 0 aliphatic carbocycles. The van der Waals surface area contributed by atoms with Gasteiger partial charge in [0.25, 0.3) is 5.91 Å². The molecule has 0 spiro atoms. The van der Waals surface area contributed by atoms with Crippen LogP contribution in [0, 0.1) is 6.92 Å². The number of methoxy groups -OCH3 is 1. The molecular weight excluding hydrogens is 408 g/mol. The van der Waals surface area contributed by atoms with Crippen molar-refractivity contribution in [3.05, 3.63) is 48.9 Å². The minimum atomic E-state index is -0.459. The fraction of sp³-hybridized carbons (Fsp3) is 0.125. The summed E-state index contributed by atoms with van der Waals surface area (Å²) >= 11 is 24.6. The Bertz CT molecular complexity index is 957. The second-order valence-electron chi connectivity index (χ2n) is 5.30. The molecule has 1 amide bonds. The van der Waals surface area contributed by atoms with Gasteiger partial charge in [0.2, 0.25) is 0 Å². The quantitative estimate of drug-likeness (QED) is 0.408. The van der Waals surface area contributed by atoms with Crippen molar-refractivity contribution in [3.63, 3.8) is 0 Å². The molecule has 0 radical (unpaired) electrons. The monoisotopic (exact) mass is 417 g/mol. The molecule has 0 unspecified atom stereocenters. The summed E-state index contributed by atoms with van der Waals surface area (Å²) in [7, 11) is 1.50. The number of amidine groups is 1. The van der Waals surface area contributed by atoms with Crippen LogP contribution in [0.2, 0.25) is 20.1 Å². The zero-order valence-corrected chi connectivity index (χ0v) is 16.0. The number of carbonyl (C=O) groups is 1. The predicted octanol–water partition coefficient (Wildman–Crippen LogP) is 5.02. The van der Waals surface area contributed by atoms with Crippen LogP contribution in [0.5, 0.6) is 5.75 Å². The Hall–Kier alpha value is -1.66. The van der Waals surface area contributed by atoms with Crippen molar-refractivity contribution in [2.45, 2.75) is 6.92 Å². The van der Waals surface area contributed by atoms with E-state index in [0.717, 1.165) is 5.56 Å². The highest BCUT2D eigenvalue weighted by atomic mass is 35.5. The van der Waals surface area contributed by atoms with Gasteiger partial charge in [-0.2, -0.15) is 0 Å². The minimum absolute atomic E-state index is 0.0221. The van der Waals surface area contributed by atoms with E-state index >= 15 is 0 Å². The van der Waals surface area contributed by atoms with Crippen LogP contribution >= 0.6 is 46.4 Å². The Morgan fingerprint density at radius 1 is 1.04 bits per heavy atom. The number of nitrogens with one attached hydrogen (secondary N) is 1. The van der Waals surface area contributed by atoms with E-state index in [0.29, 0.717) is 22.7 Å². The third-order valence-corrected chi connectivity index (χ3v) is 5.55. The number of hydrogen-bond donors (Lipinski definition) is 2. The number of carbonyl (C=O) groups excluding carboxylic acids is 1. The predicted molar refractivity (Wildman–Crippen MR) is 102 cm³/mol. The molecular formula is C16H11Cl4N3O2. The average molecular weight is 419 g/mol. The first-order valence-corrected chi connectivity index (χ1v) is 8.47. The molecule has 5 nitrogen and oxygen atoms in total. The van der Waals surface area contributed by atoms with Gasteiger partial charge in [-0.1, -0.05) is 46.4 Å². The Labute approximate surface area is 163 Å². The maximum absolute atomic E-state index is 12.3. The smallest absolute Gasteiger partial charge is 0.259 e. The van der Waals surface area contributed by atoms with Gasteiger partial charge < -0.3 is 15.8 Å². The lowest BCUT2D eigenvalue weighted by molar-refractivity contribution is 0.0983. The molecule has 9 heteroatoms. The molecule has 1 aliphatic rings. The molecule has 0 atom stereocenters. The number of benzene rings is 2. The summed E-state index contributed by atoms with van der Waals surface area (Å²) in [5.74, 6) is 0.229. The Balaban J connectivity index is 2.24. The van der Waals surface area contributed by atoms with Gasteiger partial charge in [0.15, 0.2) is 0 Å². The third-order valence-electron chi connectivity index (χ3n) is 3.74. The van der Waals surface area contributed by atoms with Crippen molar-refractivity contribution in [3.8, 4) is 5.75 Å². The summed E-state index contributed by atoms with van der Waals surface area (Å²) in [5, 5.41) is 2.84. The molecule has 2 aromatic rings. The first-order valence-electron chi connectivity index (χ1n) is 6.96. The number of aryl methyl sites for hydroxylation is 1. The molecule has 0 saturated heterocycles. The van der Waals surface area contributed by atoms with Crippen LogP contribution in [0.15, 0.2) is 17.1 Å². The Kier molecular flexibility index (Phi) is 4.77. The first-order chi connectivity index (χ1) is 11.8. The number of aliphatic imine (C=N–C) groups is 1. The topological polar surface area (TPSA) is 76.7 Å². The normalized spacial score (nSPS) is 14.6. The van der Waals surface area contributed by atoms with Crippen LogP contribution in [-0.2, 0) is 0 Å². The third kappa shape index (κ3) is 2.91. The van der Waals surface area contributed by atoms with E-state index in [9.17, 15) is 4.79 Å². The van der Waals surface area contributed by atoms with Gasteiger partial charge in [-0.25, -0.2) is 4.99 Å². The zero-order chi connectivity index (χ0) is 18.5. The lowest BCUT2D eigenvalue weighted by Gasteiger charge is -2.10. The van der Waals surface area contributed by atoms with E-state index in [-0.39, 0.29) is 31.5 Å². The molecule has 25 heavy (non-hydrogen) atoms. The number of halogens is 4. The van der Waals surface area contributed by atoms with Crippen molar-refractivity contribution < 1.29 is 9.53 Å². The summed E-state index contributed by atoms with van der Waals surface area (Å²) < 4.78 is 5.21. The highest BCUT2D eigenvalue weighted by molar-refractivity contribution is 6.55. The van der Waals surface area contributed by atoms with Gasteiger partial charge in [-0.05, 0) is 18.6 Å². The number of amides is 1. The molecule has 130 valence electrons. The van der Waals surface area contributed by atoms with Gasteiger partial charge in [-0.3, -0.25) is 4.79 Å². The molecule has 0 aromatic heterocycles. The van der Waals surface area contributed by atoms with Crippen LogP contribution in [0.25, 0.3) is 0 Å². The zero-order valence-electron chi connectivity index (χ0n) is 13.0. The van der Waals surface area contributed by atoms with Gasteiger partial charge in [0.1, 0.15) is 11.6 Å². The van der Waals surface area contributed by atoms with Gasteiger partial charge in [0.05, 0.1) is 49.7 Å². The van der Waals surface area contributed by atoms with E-state index in [2.05, 4.69) is 10.3 Å². The number of nitrogen functional groups attached to an aromatic ring is 1. The highest BCUT2D eigenvalue weighted by Crippen LogP contribution is 2.43. The van der Waals surface area contributed by atoms with Gasteiger partial charge in [0, 0.05) is 6.07 Å². The van der Waals surface area contributed by atoms with Crippen LogP contribution in [-0.4, -0.2) is 18.9 Å². The van der Waals surface area contributed by atoms with Crippen LogP contribution in [0.3, 0.4) is 0 Å². The Morgan fingerprint density at radius 3 is 2.24 bits per heavy atom. The number of nitrogens with two attached hydrogens (primary N) is 1. The summed E-state index contributed by atoms with van der Waals surface area (Å²) in [6, 6.07) is 3.38. The molecule has 1 heterocycles. The number of nitrogens with zero attached hydrogens (tertiary/aromatic N) is 1. The number of fused-ring (bicyclic) bond motifs is 1. The van der Waals surface area contributed by atoms with E-state index < -0.39 is 5.91 Å². The maximum Gasteiger partial charge on any atom is 0.259 e. The average Bonchev–Trinajstić information content (AvgIpc) is 2.89. The number of rotatable bonds is 2. The first kappa shape index (κ1) is 18.1. The standard InChI is InChI=1S/C16H11Cl4N3O2/c1-5-3-6(21)8(25-2)4-7(5)22-15-9-10(16(24)23-15)12(18)14(20)13(19)11(9)17/h3-4H,21H2,1-2H3,(H,22,23,24). The van der Waals surface area contributed by atoms with E-state index in [1.165, 1.54) is 7.11 Å². The van der Waals surface area contributed by atoms with E-state index in [1.807, 2.05) is 6.92 Å². The summed E-state index contributed by atoms with van der Waals surface area (Å²) in [6.45, 7) is 1.83. The fourth-order valence-corrected chi connectivity index (χ4v) is 3.53.